The molecular formula is C23H20N2O3S. The van der Waals surface area contributed by atoms with Gasteiger partial charge in [0.1, 0.15) is 5.69 Å². The van der Waals surface area contributed by atoms with E-state index in [1.807, 2.05) is 59.3 Å². The first-order chi connectivity index (χ1) is 14.1. The van der Waals surface area contributed by atoms with Gasteiger partial charge < -0.3 is 14.6 Å². The number of anilines is 1. The number of hydrogen-bond acceptors (Lipinski definition) is 4. The van der Waals surface area contributed by atoms with E-state index < -0.39 is 5.97 Å². The summed E-state index contributed by atoms with van der Waals surface area (Å²) in [6.45, 7) is 2.43. The van der Waals surface area contributed by atoms with Crippen LogP contribution in [0.5, 0.6) is 0 Å². The topological polar surface area (TPSA) is 60.3 Å². The van der Waals surface area contributed by atoms with E-state index in [0.29, 0.717) is 23.5 Å². The molecule has 4 rings (SSSR count). The summed E-state index contributed by atoms with van der Waals surface area (Å²) in [6.07, 6.45) is 0. The van der Waals surface area contributed by atoms with Crippen molar-refractivity contribution >= 4 is 39.1 Å². The number of methoxy groups -OCH3 is 1. The van der Waals surface area contributed by atoms with Gasteiger partial charge >= 0.3 is 5.97 Å². The number of nitrogens with one attached hydrogen (secondary N) is 1. The molecule has 1 amide bonds. The minimum absolute atomic E-state index is 0.219. The number of nitrogens with zero attached hydrogens (tertiary/aromatic N) is 1. The summed E-state index contributed by atoms with van der Waals surface area (Å²) in [6, 6.07) is 19.2. The quantitative estimate of drug-likeness (QED) is 0.471. The van der Waals surface area contributed by atoms with Crippen LogP contribution in [0, 0.1) is 6.92 Å². The fourth-order valence-electron chi connectivity index (χ4n) is 3.33. The predicted molar refractivity (Wildman–Crippen MR) is 116 cm³/mol. The molecule has 0 radical (unpaired) electrons. The highest BCUT2D eigenvalue weighted by molar-refractivity contribution is 7.17. The van der Waals surface area contributed by atoms with Gasteiger partial charge in [0.15, 0.2) is 0 Å². The number of aromatic nitrogens is 1. The monoisotopic (exact) mass is 404 g/mol. The standard InChI is InChI=1S/C23H20N2O3S/c1-15-8-9-17(12-18(15)23(27)28-2)24-22(26)20-13-21-19(10-11-29-21)25(20)14-16-6-4-3-5-7-16/h3-13H,14H2,1-2H3,(H,24,26). The molecule has 0 unspecified atom stereocenters. The summed E-state index contributed by atoms with van der Waals surface area (Å²) in [7, 11) is 1.34. The van der Waals surface area contributed by atoms with Crippen molar-refractivity contribution in [2.75, 3.05) is 12.4 Å². The minimum atomic E-state index is -0.424. The molecule has 6 heteroatoms. The summed E-state index contributed by atoms with van der Waals surface area (Å²) in [4.78, 5) is 25.0. The number of ether oxygens (including phenoxy) is 1. The summed E-state index contributed by atoms with van der Waals surface area (Å²) < 4.78 is 7.90. The number of carbonyl (C=O) groups is 2. The highest BCUT2D eigenvalue weighted by Gasteiger charge is 2.18. The van der Waals surface area contributed by atoms with Crippen LogP contribution in [0.2, 0.25) is 0 Å². The summed E-state index contributed by atoms with van der Waals surface area (Å²) in [5, 5.41) is 4.94. The second kappa shape index (κ2) is 7.93. The van der Waals surface area contributed by atoms with Crippen LogP contribution in [0.15, 0.2) is 66.0 Å². The lowest BCUT2D eigenvalue weighted by molar-refractivity contribution is 0.0599. The van der Waals surface area contributed by atoms with Gasteiger partial charge in [-0.3, -0.25) is 4.79 Å². The van der Waals surface area contributed by atoms with Gasteiger partial charge in [0.2, 0.25) is 0 Å². The molecule has 2 heterocycles. The van der Waals surface area contributed by atoms with Crippen molar-refractivity contribution in [1.82, 2.24) is 4.57 Å². The smallest absolute Gasteiger partial charge is 0.338 e. The summed E-state index contributed by atoms with van der Waals surface area (Å²) in [5.41, 5.74) is 4.51. The van der Waals surface area contributed by atoms with Crippen LogP contribution >= 0.6 is 11.3 Å². The van der Waals surface area contributed by atoms with Crippen molar-refractivity contribution < 1.29 is 14.3 Å². The highest BCUT2D eigenvalue weighted by atomic mass is 32.1. The molecule has 0 saturated carbocycles. The number of hydrogen-bond donors (Lipinski definition) is 1. The SMILES string of the molecule is COC(=O)c1cc(NC(=O)c2cc3sccc3n2Cc2ccccc2)ccc1C. The van der Waals surface area contributed by atoms with E-state index in [4.69, 9.17) is 4.74 Å². The molecular weight excluding hydrogens is 384 g/mol. The minimum Gasteiger partial charge on any atom is -0.465 e. The van der Waals surface area contributed by atoms with Gasteiger partial charge in [-0.15, -0.1) is 11.3 Å². The Hall–Kier alpha value is -3.38. The molecule has 5 nitrogen and oxygen atoms in total. The fourth-order valence-corrected chi connectivity index (χ4v) is 4.15. The van der Waals surface area contributed by atoms with Gasteiger partial charge in [0.25, 0.3) is 5.91 Å². The van der Waals surface area contributed by atoms with E-state index in [-0.39, 0.29) is 5.91 Å². The van der Waals surface area contributed by atoms with Crippen molar-refractivity contribution in [3.8, 4) is 0 Å². The molecule has 0 atom stereocenters. The van der Waals surface area contributed by atoms with Crippen LogP contribution in [-0.4, -0.2) is 23.6 Å². The van der Waals surface area contributed by atoms with Crippen LogP contribution in [0.1, 0.15) is 32.0 Å². The van der Waals surface area contributed by atoms with Crippen molar-refractivity contribution in [3.63, 3.8) is 0 Å². The van der Waals surface area contributed by atoms with Gasteiger partial charge in [-0.1, -0.05) is 36.4 Å². The normalized spacial score (nSPS) is 10.8. The molecule has 0 spiro atoms. The third kappa shape index (κ3) is 3.79. The van der Waals surface area contributed by atoms with Crippen LogP contribution in [0.3, 0.4) is 0 Å². The number of fused-ring (bicyclic) bond motifs is 1. The van der Waals surface area contributed by atoms with E-state index in [1.165, 1.54) is 7.11 Å². The van der Waals surface area contributed by atoms with E-state index in [1.54, 1.807) is 29.5 Å². The largest absolute Gasteiger partial charge is 0.465 e. The van der Waals surface area contributed by atoms with Crippen molar-refractivity contribution in [2.24, 2.45) is 0 Å². The van der Waals surface area contributed by atoms with Crippen LogP contribution in [-0.2, 0) is 11.3 Å². The van der Waals surface area contributed by atoms with Crippen LogP contribution in [0.25, 0.3) is 10.2 Å². The third-order valence-corrected chi connectivity index (χ3v) is 5.69. The number of aryl methyl sites for hydroxylation is 1. The lowest BCUT2D eigenvalue weighted by atomic mass is 10.1. The van der Waals surface area contributed by atoms with E-state index in [9.17, 15) is 9.59 Å². The Kier molecular flexibility index (Phi) is 5.18. The predicted octanol–water partition coefficient (Wildman–Crippen LogP) is 5.10. The fraction of sp³-hybridized carbons (Fsp3) is 0.130. The maximum absolute atomic E-state index is 13.1. The first kappa shape index (κ1) is 19.0. The zero-order valence-corrected chi connectivity index (χ0v) is 17.0. The van der Waals surface area contributed by atoms with Crippen molar-refractivity contribution in [3.05, 3.63) is 88.4 Å². The van der Waals surface area contributed by atoms with Crippen LogP contribution < -0.4 is 5.32 Å². The molecule has 1 N–H and O–H groups in total. The van der Waals surface area contributed by atoms with E-state index in [0.717, 1.165) is 21.3 Å². The van der Waals surface area contributed by atoms with Crippen molar-refractivity contribution in [1.29, 1.82) is 0 Å². The highest BCUT2D eigenvalue weighted by Crippen LogP contribution is 2.27. The molecule has 0 aliphatic carbocycles. The average Bonchev–Trinajstić information content (AvgIpc) is 3.32. The molecule has 2 aromatic carbocycles. The first-order valence-electron chi connectivity index (χ1n) is 9.18. The van der Waals surface area contributed by atoms with E-state index >= 15 is 0 Å². The lowest BCUT2D eigenvalue weighted by Crippen LogP contribution is -2.18. The zero-order valence-electron chi connectivity index (χ0n) is 16.1. The van der Waals surface area contributed by atoms with Gasteiger partial charge in [-0.25, -0.2) is 4.79 Å². The van der Waals surface area contributed by atoms with Crippen molar-refractivity contribution in [2.45, 2.75) is 13.5 Å². The molecule has 146 valence electrons. The van der Waals surface area contributed by atoms with Gasteiger partial charge in [0, 0.05) is 12.2 Å². The maximum Gasteiger partial charge on any atom is 0.338 e. The van der Waals surface area contributed by atoms with Gasteiger partial charge in [-0.05, 0) is 47.7 Å². The Balaban J connectivity index is 1.66. The van der Waals surface area contributed by atoms with Crippen LogP contribution in [0.4, 0.5) is 5.69 Å². The molecule has 0 aliphatic heterocycles. The molecule has 0 bridgehead atoms. The maximum atomic E-state index is 13.1. The second-order valence-electron chi connectivity index (χ2n) is 6.75. The molecule has 0 aliphatic rings. The Morgan fingerprint density at radius 2 is 1.86 bits per heavy atom. The summed E-state index contributed by atoms with van der Waals surface area (Å²) >= 11 is 1.61. The molecule has 2 aromatic heterocycles. The number of carbonyl (C=O) groups excluding carboxylic acids is 2. The molecule has 29 heavy (non-hydrogen) atoms. The van der Waals surface area contributed by atoms with E-state index in [2.05, 4.69) is 5.32 Å². The number of thiophene rings is 1. The van der Waals surface area contributed by atoms with Gasteiger partial charge in [-0.2, -0.15) is 0 Å². The Bertz CT molecular complexity index is 1190. The second-order valence-corrected chi connectivity index (χ2v) is 7.69. The first-order valence-corrected chi connectivity index (χ1v) is 10.1. The Labute approximate surface area is 172 Å². The summed E-state index contributed by atoms with van der Waals surface area (Å²) in [5.74, 6) is -0.643. The number of rotatable bonds is 5. The average molecular weight is 404 g/mol. The molecule has 0 saturated heterocycles. The number of benzene rings is 2. The Morgan fingerprint density at radius 1 is 1.07 bits per heavy atom. The molecule has 0 fully saturated rings. The number of esters is 1. The van der Waals surface area contributed by atoms with Gasteiger partial charge in [0.05, 0.1) is 22.9 Å². The molecule has 4 aromatic rings. The number of amides is 1. The lowest BCUT2D eigenvalue weighted by Gasteiger charge is -2.12. The third-order valence-electron chi connectivity index (χ3n) is 4.84. The Morgan fingerprint density at radius 3 is 2.62 bits per heavy atom. The zero-order chi connectivity index (χ0) is 20.4.